The van der Waals surface area contributed by atoms with E-state index in [1.165, 1.54) is 4.90 Å². The molecule has 2 heterocycles. The van der Waals surface area contributed by atoms with E-state index in [1.807, 2.05) is 45.0 Å². The van der Waals surface area contributed by atoms with Crippen molar-refractivity contribution in [1.29, 1.82) is 0 Å². The molecule has 1 aliphatic heterocycles. The van der Waals surface area contributed by atoms with Gasteiger partial charge in [0.25, 0.3) is 5.91 Å². The molecule has 1 saturated heterocycles. The van der Waals surface area contributed by atoms with Crippen molar-refractivity contribution >= 4 is 18.0 Å². The number of aryl methyl sites for hydroxylation is 1. The highest BCUT2D eigenvalue weighted by atomic mass is 16.6. The van der Waals surface area contributed by atoms with Crippen molar-refractivity contribution in [3.05, 3.63) is 41.2 Å². The Morgan fingerprint density at radius 3 is 2.46 bits per heavy atom. The molecule has 226 valence electrons. The molecule has 2 amide bonds. The number of carbonyl (C=O) groups excluding carboxylic acids is 2. The number of hydrogen-bond donors (Lipinski definition) is 1. The number of hydrogen-bond acceptors (Lipinski definition) is 7. The number of ether oxygens (including phenoxy) is 2. The van der Waals surface area contributed by atoms with Crippen molar-refractivity contribution in [1.82, 2.24) is 24.8 Å². The van der Waals surface area contributed by atoms with Crippen LogP contribution in [-0.4, -0.2) is 92.9 Å². The standard InChI is InChI=1S/C30H45N5O6/c1-20(2)17-34(23-16-22(28(37)38)18-33(19-23)29(39)41-30(4,5)6)27(36)26-25(14-10-11-15-40-7)35(32-31-26)24-13-9-8-12-21(24)3/h8-9,12-13,20,22-23H,10-11,14-19H2,1-7H3,(H,37,38). The summed E-state index contributed by atoms with van der Waals surface area (Å²) in [6.45, 7) is 12.5. The number of para-hydroxylation sites is 1. The number of benzene rings is 1. The van der Waals surface area contributed by atoms with Gasteiger partial charge in [-0.15, -0.1) is 5.10 Å². The first-order valence-electron chi connectivity index (χ1n) is 14.3. The summed E-state index contributed by atoms with van der Waals surface area (Å²) in [6, 6.07) is 7.27. The summed E-state index contributed by atoms with van der Waals surface area (Å²) in [6.07, 6.45) is 1.78. The lowest BCUT2D eigenvalue weighted by Crippen LogP contribution is -2.56. The maximum Gasteiger partial charge on any atom is 0.410 e. The third kappa shape index (κ3) is 8.51. The van der Waals surface area contributed by atoms with Crippen LogP contribution in [0.3, 0.4) is 0 Å². The van der Waals surface area contributed by atoms with Gasteiger partial charge in [-0.2, -0.15) is 0 Å². The Hall–Kier alpha value is -3.47. The van der Waals surface area contributed by atoms with Crippen LogP contribution in [-0.2, 0) is 20.7 Å². The van der Waals surface area contributed by atoms with Crippen molar-refractivity contribution < 1.29 is 29.0 Å². The third-order valence-electron chi connectivity index (χ3n) is 7.01. The number of rotatable bonds is 11. The van der Waals surface area contributed by atoms with E-state index in [-0.39, 0.29) is 37.0 Å². The van der Waals surface area contributed by atoms with E-state index in [0.29, 0.717) is 25.3 Å². The molecular formula is C30H45N5O6. The largest absolute Gasteiger partial charge is 0.481 e. The van der Waals surface area contributed by atoms with E-state index in [4.69, 9.17) is 9.47 Å². The number of amides is 2. The summed E-state index contributed by atoms with van der Waals surface area (Å²) in [5, 5.41) is 18.7. The van der Waals surface area contributed by atoms with Crippen molar-refractivity contribution in [3.63, 3.8) is 0 Å². The van der Waals surface area contributed by atoms with Crippen molar-refractivity contribution in [2.24, 2.45) is 11.8 Å². The molecule has 41 heavy (non-hydrogen) atoms. The summed E-state index contributed by atoms with van der Waals surface area (Å²) in [4.78, 5) is 42.5. The highest BCUT2D eigenvalue weighted by Crippen LogP contribution is 2.27. The minimum atomic E-state index is -1.01. The van der Waals surface area contributed by atoms with Gasteiger partial charge in [0.05, 0.1) is 23.3 Å². The van der Waals surface area contributed by atoms with Crippen LogP contribution in [0.25, 0.3) is 5.69 Å². The number of nitrogens with zero attached hydrogens (tertiary/aromatic N) is 5. The Balaban J connectivity index is 2.01. The smallest absolute Gasteiger partial charge is 0.410 e. The van der Waals surface area contributed by atoms with Crippen molar-refractivity contribution in [3.8, 4) is 5.69 Å². The van der Waals surface area contributed by atoms with Crippen LogP contribution in [0.1, 0.15) is 75.6 Å². The predicted molar refractivity (Wildman–Crippen MR) is 154 cm³/mol. The van der Waals surface area contributed by atoms with E-state index < -0.39 is 29.6 Å². The molecule has 1 fully saturated rings. The number of carboxylic acids is 1. The topological polar surface area (TPSA) is 127 Å². The molecule has 1 N–H and O–H groups in total. The molecule has 2 unspecified atom stereocenters. The van der Waals surface area contributed by atoms with Crippen LogP contribution in [0, 0.1) is 18.8 Å². The average Bonchev–Trinajstić information content (AvgIpc) is 3.31. The van der Waals surface area contributed by atoms with Gasteiger partial charge >= 0.3 is 12.1 Å². The summed E-state index contributed by atoms with van der Waals surface area (Å²) in [5.74, 6) is -2.07. The van der Waals surface area contributed by atoms with E-state index >= 15 is 0 Å². The quantitative estimate of drug-likeness (QED) is 0.395. The van der Waals surface area contributed by atoms with Crippen molar-refractivity contribution in [2.45, 2.75) is 78.9 Å². The molecule has 2 aromatic rings. The van der Waals surface area contributed by atoms with Gasteiger partial charge < -0.3 is 24.4 Å². The maximum absolute atomic E-state index is 14.3. The summed E-state index contributed by atoms with van der Waals surface area (Å²) < 4.78 is 12.5. The van der Waals surface area contributed by atoms with Crippen LogP contribution in [0.4, 0.5) is 4.79 Å². The minimum absolute atomic E-state index is 0.0265. The van der Waals surface area contributed by atoms with E-state index in [9.17, 15) is 19.5 Å². The van der Waals surface area contributed by atoms with Crippen LogP contribution >= 0.6 is 0 Å². The first-order valence-corrected chi connectivity index (χ1v) is 14.3. The number of carboxylic acid groups (broad SMARTS) is 1. The number of piperidine rings is 1. The Bertz CT molecular complexity index is 1200. The van der Waals surface area contributed by atoms with Gasteiger partial charge in [-0.05, 0) is 70.9 Å². The Kier molecular flexibility index (Phi) is 10.9. The van der Waals surface area contributed by atoms with E-state index in [1.54, 1.807) is 37.5 Å². The molecular weight excluding hydrogens is 526 g/mol. The maximum atomic E-state index is 14.3. The number of methoxy groups -OCH3 is 1. The number of unbranched alkanes of at least 4 members (excludes halogenated alkanes) is 1. The monoisotopic (exact) mass is 571 g/mol. The van der Waals surface area contributed by atoms with Gasteiger partial charge in [-0.25, -0.2) is 9.48 Å². The van der Waals surface area contributed by atoms with Gasteiger partial charge in [0.15, 0.2) is 5.69 Å². The molecule has 0 bridgehead atoms. The molecule has 11 heteroatoms. The lowest BCUT2D eigenvalue weighted by molar-refractivity contribution is -0.144. The predicted octanol–water partition coefficient (Wildman–Crippen LogP) is 4.35. The highest BCUT2D eigenvalue weighted by Gasteiger charge is 2.40. The first-order chi connectivity index (χ1) is 19.3. The van der Waals surface area contributed by atoms with Gasteiger partial charge in [0, 0.05) is 33.4 Å². The summed E-state index contributed by atoms with van der Waals surface area (Å²) in [5.41, 5.74) is 2.05. The van der Waals surface area contributed by atoms with Gasteiger partial charge in [-0.3, -0.25) is 9.59 Å². The van der Waals surface area contributed by atoms with Crippen LogP contribution in [0.2, 0.25) is 0 Å². The highest BCUT2D eigenvalue weighted by molar-refractivity contribution is 5.94. The summed E-state index contributed by atoms with van der Waals surface area (Å²) in [7, 11) is 1.66. The molecule has 2 atom stereocenters. The second kappa shape index (κ2) is 13.9. The van der Waals surface area contributed by atoms with E-state index in [2.05, 4.69) is 10.3 Å². The molecule has 1 aliphatic rings. The number of aromatic nitrogens is 3. The second-order valence-electron chi connectivity index (χ2n) is 12.2. The zero-order valence-corrected chi connectivity index (χ0v) is 25.4. The number of aliphatic carboxylic acids is 1. The molecule has 1 aromatic carbocycles. The van der Waals surface area contributed by atoms with Gasteiger partial charge in [0.1, 0.15) is 5.60 Å². The Labute approximate surface area is 242 Å². The molecule has 0 radical (unpaired) electrons. The fourth-order valence-corrected chi connectivity index (χ4v) is 5.11. The fraction of sp³-hybridized carbons (Fsp3) is 0.633. The zero-order chi connectivity index (χ0) is 30.3. The van der Waals surface area contributed by atoms with Crippen molar-refractivity contribution in [2.75, 3.05) is 33.4 Å². The molecule has 0 spiro atoms. The normalized spacial score (nSPS) is 17.5. The number of carbonyl (C=O) groups is 3. The lowest BCUT2D eigenvalue weighted by Gasteiger charge is -2.42. The Morgan fingerprint density at radius 2 is 1.85 bits per heavy atom. The molecule has 0 aliphatic carbocycles. The molecule has 3 rings (SSSR count). The number of likely N-dealkylation sites (tertiary alicyclic amines) is 1. The first kappa shape index (κ1) is 32.0. The van der Waals surface area contributed by atoms with E-state index in [0.717, 1.165) is 24.1 Å². The zero-order valence-electron chi connectivity index (χ0n) is 25.4. The van der Waals surface area contributed by atoms with Crippen LogP contribution < -0.4 is 0 Å². The third-order valence-corrected chi connectivity index (χ3v) is 7.01. The fourth-order valence-electron chi connectivity index (χ4n) is 5.11. The minimum Gasteiger partial charge on any atom is -0.481 e. The van der Waals surface area contributed by atoms with Crippen LogP contribution in [0.15, 0.2) is 24.3 Å². The average molecular weight is 572 g/mol. The Morgan fingerprint density at radius 1 is 1.15 bits per heavy atom. The van der Waals surface area contributed by atoms with Crippen LogP contribution in [0.5, 0.6) is 0 Å². The van der Waals surface area contributed by atoms with Gasteiger partial charge in [0.2, 0.25) is 0 Å². The molecule has 0 saturated carbocycles. The molecule has 11 nitrogen and oxygen atoms in total. The SMILES string of the molecule is COCCCCc1c(C(=O)N(CC(C)C)C2CC(C(=O)O)CN(C(=O)OC(C)(C)C)C2)nnn1-c1ccccc1C. The second-order valence-corrected chi connectivity index (χ2v) is 12.2. The molecule has 1 aromatic heterocycles. The van der Waals surface area contributed by atoms with Gasteiger partial charge in [-0.1, -0.05) is 37.3 Å². The lowest BCUT2D eigenvalue weighted by atomic mass is 9.92. The summed E-state index contributed by atoms with van der Waals surface area (Å²) >= 11 is 0.